The molecule has 1 amide bonds. The minimum absolute atomic E-state index is 0.0359. The van der Waals surface area contributed by atoms with Crippen LogP contribution in [0.5, 0.6) is 11.5 Å². The van der Waals surface area contributed by atoms with Crippen molar-refractivity contribution in [2.45, 2.75) is 50.2 Å². The number of aliphatic hydroxyl groups excluding tert-OH is 1. The van der Waals surface area contributed by atoms with Crippen LogP contribution in [0.1, 0.15) is 24.8 Å². The van der Waals surface area contributed by atoms with Crippen LogP contribution in [0.2, 0.25) is 0 Å². The predicted molar refractivity (Wildman–Crippen MR) is 95.5 cm³/mol. The molecule has 3 aliphatic heterocycles. The zero-order valence-electron chi connectivity index (χ0n) is 15.2. The van der Waals surface area contributed by atoms with Gasteiger partial charge in [0.2, 0.25) is 12.7 Å². The van der Waals surface area contributed by atoms with E-state index in [0.29, 0.717) is 38.5 Å². The van der Waals surface area contributed by atoms with Crippen molar-refractivity contribution in [3.63, 3.8) is 0 Å². The summed E-state index contributed by atoms with van der Waals surface area (Å²) in [5.41, 5.74) is 0.966. The number of hydrogen-bond acceptors (Lipinski definition) is 7. The number of β-amino-alcohol motifs (C(OH)–C–C–N with tert-alkyl or cyclic N) is 1. The molecule has 0 bridgehead atoms. The van der Waals surface area contributed by atoms with E-state index in [1.807, 2.05) is 18.2 Å². The Morgan fingerprint density at radius 3 is 3.04 bits per heavy atom. The molecule has 2 fully saturated rings. The quantitative estimate of drug-likeness (QED) is 0.694. The maximum absolute atomic E-state index is 12.3. The number of aliphatic hydroxyl groups is 1. The minimum Gasteiger partial charge on any atom is -0.454 e. The Kier molecular flexibility index (Phi) is 5.77. The van der Waals surface area contributed by atoms with E-state index in [1.54, 1.807) is 0 Å². The minimum atomic E-state index is -0.481. The molecule has 0 aromatic heterocycles. The smallest absolute Gasteiger partial charge is 0.231 e. The normalized spacial score (nSPS) is 30.1. The van der Waals surface area contributed by atoms with Crippen molar-refractivity contribution in [2.24, 2.45) is 0 Å². The van der Waals surface area contributed by atoms with Gasteiger partial charge in [0.1, 0.15) is 0 Å². The summed E-state index contributed by atoms with van der Waals surface area (Å²) in [4.78, 5) is 12.3. The SMILES string of the molecule is O=C(C[C@@H]1CC[C@H]2NC[C@@H](O)COC[C@@H]2O1)NCc1ccc2c(c1)OCO2. The molecule has 3 heterocycles. The summed E-state index contributed by atoms with van der Waals surface area (Å²) in [6.07, 6.45) is 1.36. The monoisotopic (exact) mass is 378 g/mol. The van der Waals surface area contributed by atoms with E-state index < -0.39 is 6.10 Å². The summed E-state index contributed by atoms with van der Waals surface area (Å²) in [6, 6.07) is 5.82. The third-order valence-corrected chi connectivity index (χ3v) is 5.16. The highest BCUT2D eigenvalue weighted by atomic mass is 16.7. The number of carbonyl (C=O) groups is 1. The first-order valence-corrected chi connectivity index (χ1v) is 9.47. The van der Waals surface area contributed by atoms with Crippen LogP contribution < -0.4 is 20.1 Å². The first-order chi connectivity index (χ1) is 13.2. The van der Waals surface area contributed by atoms with Gasteiger partial charge in [0.15, 0.2) is 11.5 Å². The van der Waals surface area contributed by atoms with Crippen molar-refractivity contribution >= 4 is 5.91 Å². The number of benzene rings is 1. The van der Waals surface area contributed by atoms with Crippen molar-refractivity contribution < 1.29 is 28.8 Å². The highest BCUT2D eigenvalue weighted by molar-refractivity contribution is 5.76. The summed E-state index contributed by atoms with van der Waals surface area (Å²) >= 11 is 0. The Hall–Kier alpha value is -1.87. The number of ether oxygens (including phenoxy) is 4. The van der Waals surface area contributed by atoms with Gasteiger partial charge in [0.05, 0.1) is 37.9 Å². The van der Waals surface area contributed by atoms with Gasteiger partial charge >= 0.3 is 0 Å². The summed E-state index contributed by atoms with van der Waals surface area (Å²) in [5, 5.41) is 16.0. The molecule has 0 saturated carbocycles. The summed E-state index contributed by atoms with van der Waals surface area (Å²) in [7, 11) is 0. The van der Waals surface area contributed by atoms with Crippen molar-refractivity contribution in [3.8, 4) is 11.5 Å². The molecule has 0 radical (unpaired) electrons. The standard InChI is InChI=1S/C19H26N2O6/c22-13-8-20-15-3-2-14(27-18(15)10-24-9-13)6-19(23)21-7-12-1-4-16-17(5-12)26-11-25-16/h1,4-5,13-15,18,20,22H,2-3,6-11H2,(H,21,23)/t13-,14+,15-,18+/m1/s1. The van der Waals surface area contributed by atoms with Crippen LogP contribution in [-0.2, 0) is 20.8 Å². The van der Waals surface area contributed by atoms with Gasteiger partial charge in [0, 0.05) is 19.1 Å². The van der Waals surface area contributed by atoms with Gasteiger partial charge in [-0.3, -0.25) is 4.79 Å². The Labute approximate surface area is 158 Å². The fourth-order valence-electron chi connectivity index (χ4n) is 3.70. The molecule has 0 aliphatic carbocycles. The van der Waals surface area contributed by atoms with Crippen LogP contribution in [-0.4, -0.2) is 61.9 Å². The molecular formula is C19H26N2O6. The summed E-state index contributed by atoms with van der Waals surface area (Å²) in [5.74, 6) is 1.41. The molecule has 148 valence electrons. The van der Waals surface area contributed by atoms with E-state index in [2.05, 4.69) is 10.6 Å². The first kappa shape index (κ1) is 18.5. The molecule has 2 saturated heterocycles. The Morgan fingerprint density at radius 2 is 2.11 bits per heavy atom. The molecule has 3 aliphatic rings. The molecule has 8 nitrogen and oxygen atoms in total. The molecule has 0 spiro atoms. The first-order valence-electron chi connectivity index (χ1n) is 9.47. The molecule has 1 aromatic carbocycles. The molecule has 8 heteroatoms. The maximum Gasteiger partial charge on any atom is 0.231 e. The van der Waals surface area contributed by atoms with Crippen molar-refractivity contribution in [2.75, 3.05) is 26.6 Å². The summed E-state index contributed by atoms with van der Waals surface area (Å²) < 4.78 is 22.2. The molecule has 27 heavy (non-hydrogen) atoms. The third kappa shape index (κ3) is 4.70. The van der Waals surface area contributed by atoms with Gasteiger partial charge in [-0.05, 0) is 30.5 Å². The van der Waals surface area contributed by atoms with Crippen LogP contribution in [0.15, 0.2) is 18.2 Å². The number of carbonyl (C=O) groups excluding carboxylic acids is 1. The number of amides is 1. The molecule has 4 rings (SSSR count). The largest absolute Gasteiger partial charge is 0.454 e. The summed E-state index contributed by atoms with van der Waals surface area (Å²) in [6.45, 7) is 1.93. The van der Waals surface area contributed by atoms with E-state index in [9.17, 15) is 9.90 Å². The lowest BCUT2D eigenvalue weighted by Gasteiger charge is -2.38. The van der Waals surface area contributed by atoms with Gasteiger partial charge < -0.3 is 34.7 Å². The molecular weight excluding hydrogens is 352 g/mol. The van der Waals surface area contributed by atoms with Gasteiger partial charge in [0.25, 0.3) is 0 Å². The predicted octanol–water partition coefficient (Wildman–Crippen LogP) is 0.319. The molecule has 4 atom stereocenters. The van der Waals surface area contributed by atoms with Crippen molar-refractivity contribution in [1.82, 2.24) is 10.6 Å². The lowest BCUT2D eigenvalue weighted by molar-refractivity contribution is -0.137. The zero-order chi connectivity index (χ0) is 18.6. The Morgan fingerprint density at radius 1 is 1.22 bits per heavy atom. The van der Waals surface area contributed by atoms with Gasteiger partial charge in [-0.2, -0.15) is 0 Å². The van der Waals surface area contributed by atoms with Crippen LogP contribution in [0, 0.1) is 0 Å². The van der Waals surface area contributed by atoms with Crippen LogP contribution >= 0.6 is 0 Å². The van der Waals surface area contributed by atoms with E-state index in [-0.39, 0.29) is 30.9 Å². The second-order valence-corrected chi connectivity index (χ2v) is 7.25. The van der Waals surface area contributed by atoms with Gasteiger partial charge in [-0.25, -0.2) is 0 Å². The molecule has 0 unspecified atom stereocenters. The lowest BCUT2D eigenvalue weighted by Crippen LogP contribution is -2.53. The second kappa shape index (κ2) is 8.43. The number of nitrogens with one attached hydrogen (secondary N) is 2. The average Bonchev–Trinajstić information content (AvgIpc) is 3.12. The van der Waals surface area contributed by atoms with E-state index >= 15 is 0 Å². The Bertz CT molecular complexity index is 670. The number of hydrogen-bond donors (Lipinski definition) is 3. The highest BCUT2D eigenvalue weighted by Crippen LogP contribution is 2.32. The van der Waals surface area contributed by atoms with Crippen LogP contribution in [0.25, 0.3) is 0 Å². The van der Waals surface area contributed by atoms with Crippen molar-refractivity contribution in [3.05, 3.63) is 23.8 Å². The Balaban J connectivity index is 1.24. The van der Waals surface area contributed by atoms with Gasteiger partial charge in [-0.1, -0.05) is 6.07 Å². The average molecular weight is 378 g/mol. The van der Waals surface area contributed by atoms with Crippen LogP contribution in [0.4, 0.5) is 0 Å². The zero-order valence-corrected chi connectivity index (χ0v) is 15.2. The highest BCUT2D eigenvalue weighted by Gasteiger charge is 2.33. The fraction of sp³-hybridized carbons (Fsp3) is 0.632. The second-order valence-electron chi connectivity index (χ2n) is 7.25. The maximum atomic E-state index is 12.3. The lowest BCUT2D eigenvalue weighted by atomic mass is 9.96. The number of fused-ring (bicyclic) bond motifs is 2. The van der Waals surface area contributed by atoms with Gasteiger partial charge in [-0.15, -0.1) is 0 Å². The van der Waals surface area contributed by atoms with Crippen LogP contribution in [0.3, 0.4) is 0 Å². The molecule has 1 aromatic rings. The van der Waals surface area contributed by atoms with E-state index in [4.69, 9.17) is 18.9 Å². The van der Waals surface area contributed by atoms with Crippen molar-refractivity contribution in [1.29, 1.82) is 0 Å². The molecule has 3 N–H and O–H groups in total. The third-order valence-electron chi connectivity index (χ3n) is 5.16. The topological polar surface area (TPSA) is 98.3 Å². The van der Waals surface area contributed by atoms with E-state index in [0.717, 1.165) is 24.2 Å². The number of rotatable bonds is 4. The fourth-order valence-corrected chi connectivity index (χ4v) is 3.70. The van der Waals surface area contributed by atoms with E-state index in [1.165, 1.54) is 0 Å².